The van der Waals surface area contributed by atoms with Crippen LogP contribution in [0.1, 0.15) is 49.7 Å². The van der Waals surface area contributed by atoms with E-state index in [0.717, 1.165) is 47.3 Å². The number of allylic oxidation sites excluding steroid dienone is 1. The molecule has 1 aliphatic rings. The molecule has 1 aromatic heterocycles. The second-order valence-corrected chi connectivity index (χ2v) is 8.68. The molecule has 178 valence electrons. The molecule has 0 saturated heterocycles. The van der Waals surface area contributed by atoms with E-state index in [1.165, 1.54) is 0 Å². The summed E-state index contributed by atoms with van der Waals surface area (Å²) in [5.41, 5.74) is 4.90. The molecule has 0 aliphatic carbocycles. The van der Waals surface area contributed by atoms with Gasteiger partial charge in [-0.15, -0.1) is 0 Å². The molecule has 2 aromatic carbocycles. The molecule has 1 aliphatic heterocycles. The normalized spacial score (nSPS) is 16.0. The third-order valence-corrected chi connectivity index (χ3v) is 6.34. The fraction of sp³-hybridized carbons (Fsp3) is 0.346. The van der Waals surface area contributed by atoms with Crippen LogP contribution in [0.5, 0.6) is 11.5 Å². The van der Waals surface area contributed by atoms with Gasteiger partial charge in [-0.05, 0) is 56.2 Å². The molecule has 34 heavy (non-hydrogen) atoms. The lowest BCUT2D eigenvalue weighted by molar-refractivity contribution is 0.354. The fourth-order valence-electron chi connectivity index (χ4n) is 4.16. The van der Waals surface area contributed by atoms with Gasteiger partial charge in [-0.2, -0.15) is 4.98 Å². The van der Waals surface area contributed by atoms with E-state index in [0.29, 0.717) is 28.3 Å². The van der Waals surface area contributed by atoms with Gasteiger partial charge < -0.3 is 24.2 Å². The van der Waals surface area contributed by atoms with Crippen molar-refractivity contribution in [3.63, 3.8) is 0 Å². The van der Waals surface area contributed by atoms with Crippen LogP contribution in [0, 0.1) is 6.92 Å². The van der Waals surface area contributed by atoms with Crippen LogP contribution in [0.3, 0.4) is 0 Å². The Morgan fingerprint density at radius 3 is 2.59 bits per heavy atom. The summed E-state index contributed by atoms with van der Waals surface area (Å²) in [5, 5.41) is 8.46. The average Bonchev–Trinajstić information content (AvgIpc) is 3.33. The van der Waals surface area contributed by atoms with Gasteiger partial charge in [0.25, 0.3) is 5.89 Å². The predicted molar refractivity (Wildman–Crippen MR) is 137 cm³/mol. The van der Waals surface area contributed by atoms with E-state index >= 15 is 0 Å². The number of methoxy groups -OCH3 is 2. The number of rotatable bonds is 8. The number of thiocarbonyl (C=S) groups is 1. The number of unbranched alkanes of at least 4 members (excludes halogenated alkanes) is 1. The van der Waals surface area contributed by atoms with E-state index in [9.17, 15) is 0 Å². The van der Waals surface area contributed by atoms with E-state index in [4.69, 9.17) is 31.2 Å². The number of nitrogens with one attached hydrogen (secondary N) is 1. The first-order valence-electron chi connectivity index (χ1n) is 11.4. The minimum atomic E-state index is -0.281. The maximum Gasteiger partial charge on any atom is 0.258 e. The minimum Gasteiger partial charge on any atom is -0.493 e. The highest BCUT2D eigenvalue weighted by molar-refractivity contribution is 7.80. The van der Waals surface area contributed by atoms with E-state index in [1.54, 1.807) is 14.2 Å². The highest BCUT2D eigenvalue weighted by Crippen LogP contribution is 2.40. The monoisotopic (exact) mass is 478 g/mol. The van der Waals surface area contributed by atoms with Crippen LogP contribution in [0.2, 0.25) is 0 Å². The Hall–Kier alpha value is -3.39. The average molecular weight is 479 g/mol. The van der Waals surface area contributed by atoms with Crippen LogP contribution in [0.15, 0.2) is 52.7 Å². The Morgan fingerprint density at radius 1 is 1.09 bits per heavy atom. The number of hydrogen-bond acceptors (Lipinski definition) is 6. The maximum absolute atomic E-state index is 5.83. The summed E-state index contributed by atoms with van der Waals surface area (Å²) in [5.74, 6) is 2.32. The molecule has 3 aromatic rings. The van der Waals surface area contributed by atoms with Crippen molar-refractivity contribution in [1.82, 2.24) is 20.4 Å². The van der Waals surface area contributed by atoms with Crippen molar-refractivity contribution in [2.75, 3.05) is 20.8 Å². The van der Waals surface area contributed by atoms with Crippen molar-refractivity contribution in [3.8, 4) is 22.9 Å². The van der Waals surface area contributed by atoms with E-state index in [2.05, 4.69) is 29.2 Å². The zero-order chi connectivity index (χ0) is 24.2. The van der Waals surface area contributed by atoms with E-state index in [-0.39, 0.29) is 6.04 Å². The van der Waals surface area contributed by atoms with Crippen LogP contribution < -0.4 is 14.8 Å². The summed E-state index contributed by atoms with van der Waals surface area (Å²) in [6, 6.07) is 13.6. The smallest absolute Gasteiger partial charge is 0.258 e. The molecule has 1 unspecified atom stereocenters. The lowest BCUT2D eigenvalue weighted by Crippen LogP contribution is -2.46. The van der Waals surface area contributed by atoms with Crippen LogP contribution in [0.4, 0.5) is 0 Å². The number of benzene rings is 2. The first-order chi connectivity index (χ1) is 16.5. The van der Waals surface area contributed by atoms with Crippen LogP contribution in [-0.4, -0.2) is 40.9 Å². The molecule has 0 fully saturated rings. The first-order valence-corrected chi connectivity index (χ1v) is 11.8. The van der Waals surface area contributed by atoms with E-state index < -0.39 is 0 Å². The Bertz CT molecular complexity index is 1220. The number of hydrogen-bond donors (Lipinski definition) is 1. The van der Waals surface area contributed by atoms with Gasteiger partial charge in [-0.25, -0.2) is 0 Å². The first kappa shape index (κ1) is 23.8. The topological polar surface area (TPSA) is 72.7 Å². The second kappa shape index (κ2) is 10.3. The lowest BCUT2D eigenvalue weighted by atomic mass is 9.94. The van der Waals surface area contributed by atoms with Gasteiger partial charge in [-0.3, -0.25) is 0 Å². The zero-order valence-electron chi connectivity index (χ0n) is 20.2. The molecule has 0 spiro atoms. The van der Waals surface area contributed by atoms with Crippen molar-refractivity contribution in [1.29, 1.82) is 0 Å². The molecular weight excluding hydrogens is 448 g/mol. The Labute approximate surface area is 205 Å². The summed E-state index contributed by atoms with van der Waals surface area (Å²) in [6.45, 7) is 7.08. The van der Waals surface area contributed by atoms with Gasteiger partial charge in [0.05, 0.1) is 25.8 Å². The van der Waals surface area contributed by atoms with Crippen molar-refractivity contribution < 1.29 is 14.0 Å². The molecule has 0 saturated carbocycles. The predicted octanol–water partition coefficient (Wildman–Crippen LogP) is 5.52. The second-order valence-electron chi connectivity index (χ2n) is 8.29. The van der Waals surface area contributed by atoms with Crippen molar-refractivity contribution in [2.45, 2.75) is 39.7 Å². The van der Waals surface area contributed by atoms with Gasteiger partial charge in [0.1, 0.15) is 0 Å². The molecule has 2 heterocycles. The number of aryl methyl sites for hydroxylation is 1. The molecule has 4 rings (SSSR count). The van der Waals surface area contributed by atoms with Gasteiger partial charge in [0.2, 0.25) is 5.82 Å². The molecule has 1 atom stereocenters. The Balaban J connectivity index is 1.82. The molecule has 8 heteroatoms. The van der Waals surface area contributed by atoms with Gasteiger partial charge in [0.15, 0.2) is 16.6 Å². The number of ether oxygens (including phenoxy) is 2. The minimum absolute atomic E-state index is 0.281. The molecule has 0 bridgehead atoms. The van der Waals surface area contributed by atoms with Crippen molar-refractivity contribution >= 4 is 22.9 Å². The summed E-state index contributed by atoms with van der Waals surface area (Å²) < 4.78 is 16.8. The third-order valence-electron chi connectivity index (χ3n) is 6.01. The van der Waals surface area contributed by atoms with Crippen molar-refractivity contribution in [2.24, 2.45) is 0 Å². The number of nitrogens with zero attached hydrogens (tertiary/aromatic N) is 3. The van der Waals surface area contributed by atoms with Gasteiger partial charge in [-0.1, -0.05) is 48.3 Å². The summed E-state index contributed by atoms with van der Waals surface area (Å²) >= 11 is 5.76. The van der Waals surface area contributed by atoms with Gasteiger partial charge in [0, 0.05) is 17.8 Å². The molecule has 7 nitrogen and oxygen atoms in total. The highest BCUT2D eigenvalue weighted by atomic mass is 32.1. The lowest BCUT2D eigenvalue weighted by Gasteiger charge is -2.37. The zero-order valence-corrected chi connectivity index (χ0v) is 21.0. The van der Waals surface area contributed by atoms with Gasteiger partial charge >= 0.3 is 0 Å². The van der Waals surface area contributed by atoms with Crippen LogP contribution in [0.25, 0.3) is 17.0 Å². The van der Waals surface area contributed by atoms with Crippen molar-refractivity contribution in [3.05, 3.63) is 65.2 Å². The fourth-order valence-corrected chi connectivity index (χ4v) is 4.51. The quantitative estimate of drug-likeness (QED) is 0.424. The summed E-state index contributed by atoms with van der Waals surface area (Å²) in [4.78, 5) is 6.90. The molecule has 1 N–H and O–H groups in total. The largest absolute Gasteiger partial charge is 0.493 e. The highest BCUT2D eigenvalue weighted by Gasteiger charge is 2.34. The molecular formula is C26H30N4O3S. The SMILES string of the molecule is CCCCN1C(=S)NC(c2ccc(OC)c(OC)c2)C(c2nc(-c3cccc(C)c3)no2)=C1C. The Morgan fingerprint density at radius 2 is 1.88 bits per heavy atom. The van der Waals surface area contributed by atoms with Crippen LogP contribution in [-0.2, 0) is 0 Å². The van der Waals surface area contributed by atoms with Crippen LogP contribution >= 0.6 is 12.2 Å². The number of aromatic nitrogens is 2. The summed E-state index contributed by atoms with van der Waals surface area (Å²) in [6.07, 6.45) is 2.09. The standard InChI is InChI=1S/C26H30N4O3S/c1-6-7-13-30-17(3)22(25-28-24(29-33-25)19-10-8-9-16(2)14-19)23(27-26(30)34)18-11-12-20(31-4)21(15-18)32-5/h8-12,14-15,23H,6-7,13H2,1-5H3,(H,27,34). The van der Waals surface area contributed by atoms with E-state index in [1.807, 2.05) is 49.4 Å². The molecule has 0 amide bonds. The third kappa shape index (κ3) is 4.63. The summed E-state index contributed by atoms with van der Waals surface area (Å²) in [7, 11) is 3.25. The Kier molecular flexibility index (Phi) is 7.17. The maximum atomic E-state index is 5.83. The molecule has 0 radical (unpaired) electrons.